The Labute approximate surface area is 209 Å². The molecule has 1 fully saturated rings. The Morgan fingerprint density at radius 2 is 1.78 bits per heavy atom. The quantitative estimate of drug-likeness (QED) is 0.382. The Hall–Kier alpha value is -4.17. The number of hydrogen-bond donors (Lipinski definition) is 1. The number of anilines is 1. The number of aromatic nitrogens is 5. The third-order valence-electron chi connectivity index (χ3n) is 6.81. The van der Waals surface area contributed by atoms with Crippen molar-refractivity contribution in [2.75, 3.05) is 38.1 Å². The van der Waals surface area contributed by atoms with Gasteiger partial charge in [-0.1, -0.05) is 6.07 Å². The van der Waals surface area contributed by atoms with Crippen LogP contribution in [0.4, 0.5) is 5.82 Å². The molecule has 0 atom stereocenters. The predicted molar refractivity (Wildman–Crippen MR) is 141 cm³/mol. The standard InChI is InChI=1S/C28H27N7O/c1-18-11-25-26(31-18)14-22(17-30-25)19-3-4-24-21(12-19)13-23(32-33-24)16-27(36)20-5-6-29-28(15-20)35-9-7-34(2)8-10-35/h3-6,11-15,17,31H,7-10,16H2,1-2H3. The molecule has 5 aromatic rings. The molecule has 0 aliphatic carbocycles. The van der Waals surface area contributed by atoms with Crippen molar-refractivity contribution in [2.24, 2.45) is 0 Å². The number of pyridine rings is 2. The van der Waals surface area contributed by atoms with Gasteiger partial charge in [0.05, 0.1) is 28.7 Å². The number of aryl methyl sites for hydroxylation is 1. The molecule has 0 bridgehead atoms. The van der Waals surface area contributed by atoms with Crippen LogP contribution in [-0.2, 0) is 6.42 Å². The number of H-pyrrole nitrogens is 1. The van der Waals surface area contributed by atoms with E-state index in [1.54, 1.807) is 12.3 Å². The van der Waals surface area contributed by atoms with Crippen LogP contribution in [0.15, 0.2) is 60.9 Å². The van der Waals surface area contributed by atoms with E-state index in [1.165, 1.54) is 0 Å². The Morgan fingerprint density at radius 1 is 0.917 bits per heavy atom. The van der Waals surface area contributed by atoms with Crippen molar-refractivity contribution in [1.82, 2.24) is 30.0 Å². The van der Waals surface area contributed by atoms with E-state index in [0.29, 0.717) is 11.3 Å². The van der Waals surface area contributed by atoms with E-state index in [1.807, 2.05) is 43.5 Å². The van der Waals surface area contributed by atoms with E-state index in [9.17, 15) is 4.79 Å². The van der Waals surface area contributed by atoms with Gasteiger partial charge in [-0.25, -0.2) is 4.98 Å². The molecule has 36 heavy (non-hydrogen) atoms. The van der Waals surface area contributed by atoms with Crippen molar-refractivity contribution in [3.63, 3.8) is 0 Å². The van der Waals surface area contributed by atoms with Gasteiger partial charge in [-0.05, 0) is 62.0 Å². The summed E-state index contributed by atoms with van der Waals surface area (Å²) in [7, 11) is 2.12. The SMILES string of the molecule is Cc1cc2ncc(-c3ccc4nnc(CC(=O)c5ccnc(N6CCN(C)CC6)c5)cc4c3)cc2[nH]1. The summed E-state index contributed by atoms with van der Waals surface area (Å²) in [5.74, 6) is 0.861. The summed E-state index contributed by atoms with van der Waals surface area (Å²) >= 11 is 0. The van der Waals surface area contributed by atoms with Crippen LogP contribution in [0.3, 0.4) is 0 Å². The smallest absolute Gasteiger partial charge is 0.169 e. The molecule has 8 nitrogen and oxygen atoms in total. The second kappa shape index (κ2) is 9.13. The van der Waals surface area contributed by atoms with Crippen molar-refractivity contribution in [3.05, 3.63) is 77.9 Å². The zero-order valence-electron chi connectivity index (χ0n) is 20.4. The van der Waals surface area contributed by atoms with Crippen LogP contribution in [0.2, 0.25) is 0 Å². The maximum absolute atomic E-state index is 13.1. The molecular weight excluding hydrogens is 450 g/mol. The molecule has 6 rings (SSSR count). The molecule has 1 saturated heterocycles. The van der Waals surface area contributed by atoms with Crippen molar-refractivity contribution in [3.8, 4) is 11.1 Å². The van der Waals surface area contributed by atoms with Crippen molar-refractivity contribution < 1.29 is 4.79 Å². The number of carbonyl (C=O) groups is 1. The van der Waals surface area contributed by atoms with Crippen LogP contribution in [0, 0.1) is 6.92 Å². The lowest BCUT2D eigenvalue weighted by Gasteiger charge is -2.33. The summed E-state index contributed by atoms with van der Waals surface area (Å²) in [5.41, 5.74) is 7.21. The van der Waals surface area contributed by atoms with E-state index < -0.39 is 0 Å². The molecule has 4 aromatic heterocycles. The number of piperazine rings is 1. The van der Waals surface area contributed by atoms with E-state index in [-0.39, 0.29) is 12.2 Å². The summed E-state index contributed by atoms with van der Waals surface area (Å²) in [4.78, 5) is 30.1. The van der Waals surface area contributed by atoms with Crippen molar-refractivity contribution in [2.45, 2.75) is 13.3 Å². The molecule has 1 aromatic carbocycles. The number of rotatable bonds is 5. The summed E-state index contributed by atoms with van der Waals surface area (Å²) in [6, 6.07) is 15.8. The van der Waals surface area contributed by atoms with E-state index in [2.05, 4.69) is 54.1 Å². The lowest BCUT2D eigenvalue weighted by molar-refractivity contribution is 0.0991. The Balaban J connectivity index is 1.24. The lowest BCUT2D eigenvalue weighted by Crippen LogP contribution is -2.44. The van der Waals surface area contributed by atoms with E-state index in [0.717, 1.165) is 70.8 Å². The number of carbonyl (C=O) groups excluding carboxylic acids is 1. The number of fused-ring (bicyclic) bond motifs is 2. The Bertz CT molecular complexity index is 1580. The maximum Gasteiger partial charge on any atom is 0.169 e. The normalized spacial score (nSPS) is 14.6. The fraction of sp³-hybridized carbons (Fsp3) is 0.250. The van der Waals surface area contributed by atoms with Gasteiger partial charge in [0.15, 0.2) is 5.78 Å². The number of Topliss-reactive ketones (excluding diaryl/α,β-unsaturated/α-hetero) is 1. The molecule has 0 saturated carbocycles. The van der Waals surface area contributed by atoms with Gasteiger partial charge in [0.1, 0.15) is 5.82 Å². The summed E-state index contributed by atoms with van der Waals surface area (Å²) in [5, 5.41) is 9.63. The lowest BCUT2D eigenvalue weighted by atomic mass is 10.0. The second-order valence-electron chi connectivity index (χ2n) is 9.51. The molecule has 0 radical (unpaired) electrons. The van der Waals surface area contributed by atoms with Gasteiger partial charge in [-0.3, -0.25) is 9.78 Å². The number of nitrogens with zero attached hydrogens (tertiary/aromatic N) is 6. The molecule has 0 unspecified atom stereocenters. The molecular formula is C28H27N7O. The average molecular weight is 478 g/mol. The molecule has 1 aliphatic heterocycles. The first-order chi connectivity index (χ1) is 17.5. The highest BCUT2D eigenvalue weighted by molar-refractivity contribution is 5.98. The minimum Gasteiger partial charge on any atom is -0.357 e. The van der Waals surface area contributed by atoms with Crippen molar-refractivity contribution in [1.29, 1.82) is 0 Å². The van der Waals surface area contributed by atoms with E-state index >= 15 is 0 Å². The van der Waals surface area contributed by atoms with Crippen LogP contribution >= 0.6 is 0 Å². The first-order valence-electron chi connectivity index (χ1n) is 12.2. The largest absolute Gasteiger partial charge is 0.357 e. The second-order valence-corrected chi connectivity index (χ2v) is 9.51. The topological polar surface area (TPSA) is 90.9 Å². The van der Waals surface area contributed by atoms with Crippen LogP contribution in [0.1, 0.15) is 21.7 Å². The number of likely N-dealkylation sites (N-methyl/N-ethyl adjacent to an activating group) is 1. The fourth-order valence-corrected chi connectivity index (χ4v) is 4.72. The molecule has 5 heterocycles. The zero-order chi connectivity index (χ0) is 24.6. The average Bonchev–Trinajstić information content (AvgIpc) is 3.28. The predicted octanol–water partition coefficient (Wildman–Crippen LogP) is 4.05. The number of nitrogens with one attached hydrogen (secondary N) is 1. The monoisotopic (exact) mass is 477 g/mol. The number of ketones is 1. The summed E-state index contributed by atoms with van der Waals surface area (Å²) < 4.78 is 0. The van der Waals surface area contributed by atoms with Gasteiger partial charge in [-0.2, -0.15) is 10.2 Å². The zero-order valence-corrected chi connectivity index (χ0v) is 20.4. The highest BCUT2D eigenvalue weighted by Crippen LogP contribution is 2.26. The molecule has 1 aliphatic rings. The third kappa shape index (κ3) is 4.43. The van der Waals surface area contributed by atoms with Gasteiger partial charge in [0.25, 0.3) is 0 Å². The van der Waals surface area contributed by atoms with Crippen LogP contribution < -0.4 is 4.90 Å². The summed E-state index contributed by atoms with van der Waals surface area (Å²) in [6.45, 7) is 5.82. The molecule has 8 heteroatoms. The third-order valence-corrected chi connectivity index (χ3v) is 6.81. The first kappa shape index (κ1) is 22.3. The van der Waals surface area contributed by atoms with Crippen LogP contribution in [-0.4, -0.2) is 69.1 Å². The van der Waals surface area contributed by atoms with Gasteiger partial charge in [0, 0.05) is 60.8 Å². The van der Waals surface area contributed by atoms with Crippen LogP contribution in [0.5, 0.6) is 0 Å². The Kier molecular flexibility index (Phi) is 5.65. The highest BCUT2D eigenvalue weighted by atomic mass is 16.1. The number of benzene rings is 1. The molecule has 0 amide bonds. The van der Waals surface area contributed by atoms with E-state index in [4.69, 9.17) is 0 Å². The van der Waals surface area contributed by atoms with Gasteiger partial charge >= 0.3 is 0 Å². The minimum absolute atomic E-state index is 0.00866. The van der Waals surface area contributed by atoms with Gasteiger partial charge < -0.3 is 14.8 Å². The number of hydrogen-bond acceptors (Lipinski definition) is 7. The van der Waals surface area contributed by atoms with Gasteiger partial charge in [-0.15, -0.1) is 0 Å². The summed E-state index contributed by atoms with van der Waals surface area (Å²) in [6.07, 6.45) is 3.79. The fourth-order valence-electron chi connectivity index (χ4n) is 4.72. The number of aromatic amines is 1. The van der Waals surface area contributed by atoms with Crippen molar-refractivity contribution >= 4 is 33.5 Å². The highest BCUT2D eigenvalue weighted by Gasteiger charge is 2.17. The molecule has 180 valence electrons. The Morgan fingerprint density at radius 3 is 2.64 bits per heavy atom. The maximum atomic E-state index is 13.1. The first-order valence-corrected chi connectivity index (χ1v) is 12.2. The van der Waals surface area contributed by atoms with Gasteiger partial charge in [0.2, 0.25) is 0 Å². The molecule has 1 N–H and O–H groups in total. The van der Waals surface area contributed by atoms with Crippen LogP contribution in [0.25, 0.3) is 33.1 Å². The molecule has 0 spiro atoms. The minimum atomic E-state index is 0.00866.